The Morgan fingerprint density at radius 3 is 2.69 bits per heavy atom. The molecule has 0 N–H and O–H groups in total. The van der Waals surface area contributed by atoms with Crippen molar-refractivity contribution in [3.8, 4) is 11.5 Å². The van der Waals surface area contributed by atoms with Crippen LogP contribution in [0.3, 0.4) is 0 Å². The van der Waals surface area contributed by atoms with Crippen molar-refractivity contribution in [1.29, 1.82) is 0 Å². The highest BCUT2D eigenvalue weighted by Gasteiger charge is 2.43. The summed E-state index contributed by atoms with van der Waals surface area (Å²) < 4.78 is 18.2. The Balaban J connectivity index is 1.63. The predicted octanol–water partition coefficient (Wildman–Crippen LogP) is 5.88. The summed E-state index contributed by atoms with van der Waals surface area (Å²) in [4.78, 5) is 0. The second kappa shape index (κ2) is 7.16. The summed E-state index contributed by atoms with van der Waals surface area (Å²) in [5.74, 6) is 3.15. The Bertz CT molecular complexity index is 1090. The average Bonchev–Trinajstić information content (AvgIpc) is 3.35. The summed E-state index contributed by atoms with van der Waals surface area (Å²) in [6.07, 6.45) is 0.274. The molecule has 2 atom stereocenters. The molecule has 2 aliphatic rings. The molecular weight excluding hydrogens is 388 g/mol. The third kappa shape index (κ3) is 3.06. The van der Waals surface area contributed by atoms with E-state index < -0.39 is 6.23 Å². The number of halogens is 1. The first kappa shape index (κ1) is 18.1. The van der Waals surface area contributed by atoms with Gasteiger partial charge in [0.15, 0.2) is 11.5 Å². The highest BCUT2D eigenvalue weighted by molar-refractivity contribution is 6.31. The van der Waals surface area contributed by atoms with Crippen LogP contribution >= 0.6 is 11.6 Å². The van der Waals surface area contributed by atoms with E-state index in [9.17, 15) is 0 Å². The van der Waals surface area contributed by atoms with Crippen LogP contribution in [0.25, 0.3) is 0 Å². The molecule has 1 aromatic heterocycles. The zero-order valence-electron chi connectivity index (χ0n) is 16.3. The van der Waals surface area contributed by atoms with Gasteiger partial charge in [0.05, 0.1) is 12.6 Å². The number of benzene rings is 2. The molecule has 148 valence electrons. The Kier molecular flexibility index (Phi) is 4.47. The summed E-state index contributed by atoms with van der Waals surface area (Å²) in [6, 6.07) is 17.7. The number of hydrogen-bond donors (Lipinski definition) is 0. The van der Waals surface area contributed by atoms with E-state index in [0.717, 1.165) is 46.3 Å². The number of hydrogen-bond acceptors (Lipinski definition) is 5. The van der Waals surface area contributed by atoms with Gasteiger partial charge in [-0.25, -0.2) is 5.01 Å². The number of ether oxygens (including phenoxy) is 2. The lowest BCUT2D eigenvalue weighted by Gasteiger charge is -2.39. The minimum atomic E-state index is -0.448. The molecular formula is C23H21ClN2O3. The molecule has 2 aromatic carbocycles. The summed E-state index contributed by atoms with van der Waals surface area (Å²) in [5.41, 5.74) is 2.83. The molecule has 0 spiro atoms. The Labute approximate surface area is 174 Å². The third-order valence-electron chi connectivity index (χ3n) is 5.28. The first-order chi connectivity index (χ1) is 14.2. The second-order valence-corrected chi connectivity index (χ2v) is 7.56. The number of para-hydroxylation sites is 1. The van der Waals surface area contributed by atoms with Crippen LogP contribution < -0.4 is 9.47 Å². The zero-order chi connectivity index (χ0) is 20.0. The molecule has 0 saturated carbocycles. The molecule has 2 unspecified atom stereocenters. The van der Waals surface area contributed by atoms with Crippen molar-refractivity contribution in [2.24, 2.45) is 5.10 Å². The van der Waals surface area contributed by atoms with E-state index in [4.69, 9.17) is 30.6 Å². The Hall–Kier alpha value is -2.92. The molecule has 3 heterocycles. The van der Waals surface area contributed by atoms with Gasteiger partial charge in [0.25, 0.3) is 0 Å². The Morgan fingerprint density at radius 1 is 1.10 bits per heavy atom. The fraction of sp³-hybridized carbons (Fsp3) is 0.261. The minimum Gasteiger partial charge on any atom is -0.490 e. The van der Waals surface area contributed by atoms with Crippen LogP contribution in [0.15, 0.2) is 64.1 Å². The average molecular weight is 409 g/mol. The van der Waals surface area contributed by atoms with Crippen LogP contribution in [0, 0.1) is 6.92 Å². The molecule has 0 saturated heterocycles. The molecule has 5 nitrogen and oxygen atoms in total. The molecule has 2 aliphatic heterocycles. The summed E-state index contributed by atoms with van der Waals surface area (Å²) >= 11 is 6.53. The van der Waals surface area contributed by atoms with Crippen LogP contribution in [-0.2, 0) is 0 Å². The van der Waals surface area contributed by atoms with Crippen LogP contribution in [-0.4, -0.2) is 17.3 Å². The van der Waals surface area contributed by atoms with E-state index in [-0.39, 0.29) is 6.04 Å². The van der Waals surface area contributed by atoms with Crippen molar-refractivity contribution in [3.05, 3.63) is 82.3 Å². The fourth-order valence-electron chi connectivity index (χ4n) is 3.97. The molecule has 29 heavy (non-hydrogen) atoms. The first-order valence-corrected chi connectivity index (χ1v) is 10.1. The van der Waals surface area contributed by atoms with Gasteiger partial charge >= 0.3 is 0 Å². The number of furan rings is 1. The fourth-order valence-corrected chi connectivity index (χ4v) is 4.20. The number of rotatable bonds is 4. The maximum Gasteiger partial charge on any atom is 0.215 e. The van der Waals surface area contributed by atoms with Crippen molar-refractivity contribution in [2.45, 2.75) is 32.5 Å². The van der Waals surface area contributed by atoms with Crippen LogP contribution in [0.2, 0.25) is 5.02 Å². The van der Waals surface area contributed by atoms with E-state index in [1.165, 1.54) is 0 Å². The quantitative estimate of drug-likeness (QED) is 0.540. The highest BCUT2D eigenvalue weighted by atomic mass is 35.5. The highest BCUT2D eigenvalue weighted by Crippen LogP contribution is 2.51. The number of aryl methyl sites for hydroxylation is 1. The number of hydrazone groups is 1. The monoisotopic (exact) mass is 408 g/mol. The molecule has 0 aliphatic carbocycles. The van der Waals surface area contributed by atoms with Gasteiger partial charge in [0.1, 0.15) is 17.2 Å². The maximum absolute atomic E-state index is 6.53. The van der Waals surface area contributed by atoms with Gasteiger partial charge in [-0.05, 0) is 38.1 Å². The SMILES string of the molecule is CCOc1cccc2c1OC(c1ccccc1Cl)N1N=C(c3ccc(C)o3)CC21. The number of nitrogens with zero attached hydrogens (tertiary/aromatic N) is 2. The molecule has 0 amide bonds. The van der Waals surface area contributed by atoms with Crippen molar-refractivity contribution in [3.63, 3.8) is 0 Å². The molecule has 6 heteroatoms. The topological polar surface area (TPSA) is 47.2 Å². The van der Waals surface area contributed by atoms with Gasteiger partial charge in [0, 0.05) is 22.6 Å². The molecule has 0 fully saturated rings. The van der Waals surface area contributed by atoms with E-state index >= 15 is 0 Å². The molecule has 0 bridgehead atoms. The summed E-state index contributed by atoms with van der Waals surface area (Å²) in [6.45, 7) is 4.47. The smallest absolute Gasteiger partial charge is 0.215 e. The summed E-state index contributed by atoms with van der Waals surface area (Å²) in [7, 11) is 0. The predicted molar refractivity (Wildman–Crippen MR) is 112 cm³/mol. The van der Waals surface area contributed by atoms with Gasteiger partial charge < -0.3 is 13.9 Å². The minimum absolute atomic E-state index is 0.0147. The Morgan fingerprint density at radius 2 is 1.93 bits per heavy atom. The van der Waals surface area contributed by atoms with Crippen molar-refractivity contribution in [2.75, 3.05) is 6.61 Å². The lowest BCUT2D eigenvalue weighted by molar-refractivity contribution is -0.0211. The normalized spacial score (nSPS) is 20.0. The van der Waals surface area contributed by atoms with E-state index in [2.05, 4.69) is 6.07 Å². The van der Waals surface area contributed by atoms with Gasteiger partial charge in [0.2, 0.25) is 6.23 Å². The standard InChI is InChI=1S/C23H21ClN2O3/c1-3-27-21-10-6-8-16-19-13-18(20-12-11-14(2)28-20)25-26(19)23(29-22(16)21)15-7-4-5-9-17(15)24/h4-12,19,23H,3,13H2,1-2H3. The number of fused-ring (bicyclic) bond motifs is 3. The lowest BCUT2D eigenvalue weighted by atomic mass is 9.97. The van der Waals surface area contributed by atoms with Crippen LogP contribution in [0.4, 0.5) is 0 Å². The molecule has 3 aromatic rings. The largest absolute Gasteiger partial charge is 0.490 e. The van der Waals surface area contributed by atoms with E-state index in [0.29, 0.717) is 11.6 Å². The second-order valence-electron chi connectivity index (χ2n) is 7.16. The van der Waals surface area contributed by atoms with Gasteiger partial charge in [-0.15, -0.1) is 0 Å². The molecule has 5 rings (SSSR count). The first-order valence-electron chi connectivity index (χ1n) is 9.75. The maximum atomic E-state index is 6.53. The van der Waals surface area contributed by atoms with Crippen molar-refractivity contribution < 1.29 is 13.9 Å². The summed E-state index contributed by atoms with van der Waals surface area (Å²) in [5, 5.41) is 7.54. The zero-order valence-corrected chi connectivity index (χ0v) is 17.0. The van der Waals surface area contributed by atoms with E-state index in [1.807, 2.05) is 67.4 Å². The van der Waals surface area contributed by atoms with Gasteiger partial charge in [-0.1, -0.05) is 41.9 Å². The van der Waals surface area contributed by atoms with Gasteiger partial charge in [-0.3, -0.25) is 0 Å². The van der Waals surface area contributed by atoms with Crippen molar-refractivity contribution in [1.82, 2.24) is 5.01 Å². The van der Waals surface area contributed by atoms with E-state index in [1.54, 1.807) is 0 Å². The lowest BCUT2D eigenvalue weighted by Crippen LogP contribution is -2.34. The van der Waals surface area contributed by atoms with Gasteiger partial charge in [-0.2, -0.15) is 5.10 Å². The molecule has 0 radical (unpaired) electrons. The third-order valence-corrected chi connectivity index (χ3v) is 5.62. The van der Waals surface area contributed by atoms with Crippen molar-refractivity contribution >= 4 is 17.3 Å². The van der Waals surface area contributed by atoms with Crippen LogP contribution in [0.1, 0.15) is 48.3 Å². The van der Waals surface area contributed by atoms with Crippen LogP contribution in [0.5, 0.6) is 11.5 Å².